The van der Waals surface area contributed by atoms with Gasteiger partial charge in [0.25, 0.3) is 0 Å². The number of nitrogens with zero attached hydrogens (tertiary/aromatic N) is 1. The van der Waals surface area contributed by atoms with Gasteiger partial charge in [0.15, 0.2) is 0 Å². The van der Waals surface area contributed by atoms with Gasteiger partial charge in [0, 0.05) is 5.56 Å². The third-order valence-electron chi connectivity index (χ3n) is 4.82. The van der Waals surface area contributed by atoms with Crippen molar-refractivity contribution in [3.05, 3.63) is 70.3 Å². The number of hydrogen-bond acceptors (Lipinski definition) is 2. The van der Waals surface area contributed by atoms with Gasteiger partial charge in [-0.05, 0) is 47.9 Å². The van der Waals surface area contributed by atoms with Crippen molar-refractivity contribution in [1.29, 1.82) is 0 Å². The molecule has 2 nitrogen and oxygen atoms in total. The van der Waals surface area contributed by atoms with Crippen molar-refractivity contribution in [2.75, 3.05) is 7.11 Å². The second kappa shape index (κ2) is 6.64. The Hall–Kier alpha value is -2.35. The van der Waals surface area contributed by atoms with Crippen molar-refractivity contribution in [1.82, 2.24) is 0 Å². The van der Waals surface area contributed by atoms with Crippen LogP contribution >= 0.6 is 0 Å². The predicted molar refractivity (Wildman–Crippen MR) is 102 cm³/mol. The summed E-state index contributed by atoms with van der Waals surface area (Å²) in [4.78, 5) is 5.06. The summed E-state index contributed by atoms with van der Waals surface area (Å²) < 4.78 is 0. The second-order valence-corrected chi connectivity index (χ2v) is 7.15. The fraction of sp³-hybridized carbons (Fsp3) is 0.318. The van der Waals surface area contributed by atoms with Crippen molar-refractivity contribution in [3.63, 3.8) is 0 Å². The zero-order chi connectivity index (χ0) is 17.2. The molecular formula is C22H25NO. The Kier molecular flexibility index (Phi) is 4.57. The summed E-state index contributed by atoms with van der Waals surface area (Å²) in [5.41, 5.74) is 7.50. The highest BCUT2D eigenvalue weighted by Gasteiger charge is 2.30. The zero-order valence-electron chi connectivity index (χ0n) is 15.0. The monoisotopic (exact) mass is 319 g/mol. The van der Waals surface area contributed by atoms with E-state index < -0.39 is 0 Å². The second-order valence-electron chi connectivity index (χ2n) is 7.15. The van der Waals surface area contributed by atoms with E-state index in [9.17, 15) is 0 Å². The number of fused-ring (bicyclic) bond motifs is 1. The molecule has 3 rings (SSSR count). The fourth-order valence-corrected chi connectivity index (χ4v) is 3.27. The largest absolute Gasteiger partial charge is 0.399 e. The Bertz CT molecular complexity index is 782. The van der Waals surface area contributed by atoms with Crippen molar-refractivity contribution < 1.29 is 4.84 Å². The molecule has 0 aliphatic heterocycles. The molecule has 2 heteroatoms. The van der Waals surface area contributed by atoms with Crippen LogP contribution in [0.3, 0.4) is 0 Å². The maximum atomic E-state index is 5.06. The van der Waals surface area contributed by atoms with Gasteiger partial charge in [-0.2, -0.15) is 0 Å². The molecule has 0 spiro atoms. The van der Waals surface area contributed by atoms with E-state index >= 15 is 0 Å². The van der Waals surface area contributed by atoms with Crippen LogP contribution in [-0.2, 0) is 10.3 Å². The van der Waals surface area contributed by atoms with Gasteiger partial charge in [-0.25, -0.2) is 0 Å². The third-order valence-corrected chi connectivity index (χ3v) is 4.82. The first-order valence-electron chi connectivity index (χ1n) is 8.49. The van der Waals surface area contributed by atoms with E-state index in [0.29, 0.717) is 0 Å². The zero-order valence-corrected chi connectivity index (χ0v) is 15.0. The molecule has 0 radical (unpaired) electrons. The first-order valence-corrected chi connectivity index (χ1v) is 8.49. The molecule has 0 amide bonds. The fourth-order valence-electron chi connectivity index (χ4n) is 3.27. The summed E-state index contributed by atoms with van der Waals surface area (Å²) in [6.45, 7) is 6.71. The Balaban J connectivity index is 1.95. The van der Waals surface area contributed by atoms with E-state index in [0.717, 1.165) is 18.6 Å². The van der Waals surface area contributed by atoms with Crippen LogP contribution in [0, 0.1) is 6.92 Å². The summed E-state index contributed by atoms with van der Waals surface area (Å²) in [6, 6.07) is 15.2. The average molecular weight is 319 g/mol. The Morgan fingerprint density at radius 3 is 2.38 bits per heavy atom. The molecule has 0 atom stereocenters. The molecule has 2 aromatic rings. The van der Waals surface area contributed by atoms with E-state index in [1.165, 1.54) is 27.8 Å². The topological polar surface area (TPSA) is 21.6 Å². The highest BCUT2D eigenvalue weighted by atomic mass is 16.6. The van der Waals surface area contributed by atoms with Gasteiger partial charge in [-0.15, -0.1) is 0 Å². The molecule has 1 aliphatic carbocycles. The van der Waals surface area contributed by atoms with Crippen molar-refractivity contribution in [2.45, 2.75) is 39.0 Å². The minimum Gasteiger partial charge on any atom is -0.399 e. The lowest BCUT2D eigenvalue weighted by Gasteiger charge is -2.33. The average Bonchev–Trinajstić information content (AvgIpc) is 2.57. The van der Waals surface area contributed by atoms with Crippen LogP contribution in [-0.4, -0.2) is 12.8 Å². The molecule has 24 heavy (non-hydrogen) atoms. The molecule has 2 aromatic carbocycles. The summed E-state index contributed by atoms with van der Waals surface area (Å²) in [5, 5.41) is 4.25. The standard InChI is InChI=1S/C22H25NO/c1-16-5-7-17(8-6-16)9-10-18-11-12-20-19(15-18)21(23-24-4)13-14-22(20,2)3/h5-12,15H,13-14H2,1-4H3/b10-9+,23-21-. The van der Waals surface area contributed by atoms with Crippen LogP contribution in [0.25, 0.3) is 12.2 Å². The molecule has 0 saturated heterocycles. The lowest BCUT2D eigenvalue weighted by atomic mass is 9.71. The highest BCUT2D eigenvalue weighted by Crippen LogP contribution is 2.37. The number of rotatable bonds is 3. The Morgan fingerprint density at radius 2 is 1.67 bits per heavy atom. The molecule has 0 N–H and O–H groups in total. The molecule has 0 heterocycles. The molecule has 0 saturated carbocycles. The maximum Gasteiger partial charge on any atom is 0.106 e. The lowest BCUT2D eigenvalue weighted by Crippen LogP contribution is -2.27. The smallest absolute Gasteiger partial charge is 0.106 e. The van der Waals surface area contributed by atoms with Crippen LogP contribution in [0.1, 0.15) is 54.5 Å². The minimum atomic E-state index is 0.182. The Morgan fingerprint density at radius 1 is 1.00 bits per heavy atom. The van der Waals surface area contributed by atoms with E-state index in [4.69, 9.17) is 4.84 Å². The molecule has 124 valence electrons. The van der Waals surface area contributed by atoms with E-state index in [-0.39, 0.29) is 5.41 Å². The normalized spacial score (nSPS) is 17.9. The first-order chi connectivity index (χ1) is 11.5. The molecule has 0 unspecified atom stereocenters. The van der Waals surface area contributed by atoms with Gasteiger partial charge in [0.1, 0.15) is 7.11 Å². The summed E-state index contributed by atoms with van der Waals surface area (Å²) in [5.74, 6) is 0. The van der Waals surface area contributed by atoms with Gasteiger partial charge < -0.3 is 4.84 Å². The highest BCUT2D eigenvalue weighted by molar-refractivity contribution is 6.03. The van der Waals surface area contributed by atoms with E-state index in [2.05, 4.69) is 80.5 Å². The molecule has 1 aliphatic rings. The summed E-state index contributed by atoms with van der Waals surface area (Å²) in [7, 11) is 1.62. The third kappa shape index (κ3) is 3.43. The van der Waals surface area contributed by atoms with E-state index in [1.54, 1.807) is 7.11 Å². The molecule has 0 bridgehead atoms. The van der Waals surface area contributed by atoms with Gasteiger partial charge in [0.05, 0.1) is 5.71 Å². The number of benzene rings is 2. The van der Waals surface area contributed by atoms with Gasteiger partial charge in [-0.3, -0.25) is 0 Å². The minimum absolute atomic E-state index is 0.182. The van der Waals surface area contributed by atoms with Crippen LogP contribution in [0.4, 0.5) is 0 Å². The van der Waals surface area contributed by atoms with Crippen molar-refractivity contribution in [2.24, 2.45) is 5.16 Å². The van der Waals surface area contributed by atoms with Crippen LogP contribution in [0.2, 0.25) is 0 Å². The van der Waals surface area contributed by atoms with Crippen LogP contribution in [0.5, 0.6) is 0 Å². The molecule has 0 fully saturated rings. The van der Waals surface area contributed by atoms with Gasteiger partial charge in [-0.1, -0.05) is 73.1 Å². The number of aryl methyl sites for hydroxylation is 1. The SMILES string of the molecule is CO/N=C1/CCC(C)(C)c2ccc(/C=C/c3ccc(C)cc3)cc21. The van der Waals surface area contributed by atoms with Gasteiger partial charge >= 0.3 is 0 Å². The molecular weight excluding hydrogens is 294 g/mol. The van der Waals surface area contributed by atoms with E-state index in [1.807, 2.05) is 0 Å². The Labute approximate surface area is 144 Å². The summed E-state index contributed by atoms with van der Waals surface area (Å²) >= 11 is 0. The maximum absolute atomic E-state index is 5.06. The quantitative estimate of drug-likeness (QED) is 0.534. The van der Waals surface area contributed by atoms with Crippen molar-refractivity contribution in [3.8, 4) is 0 Å². The predicted octanol–water partition coefficient (Wildman–Crippen LogP) is 5.59. The van der Waals surface area contributed by atoms with Crippen molar-refractivity contribution >= 4 is 17.9 Å². The van der Waals surface area contributed by atoms with Crippen LogP contribution < -0.4 is 0 Å². The first kappa shape index (κ1) is 16.5. The van der Waals surface area contributed by atoms with Gasteiger partial charge in [0.2, 0.25) is 0 Å². The summed E-state index contributed by atoms with van der Waals surface area (Å²) in [6.07, 6.45) is 6.37. The van der Waals surface area contributed by atoms with Crippen LogP contribution in [0.15, 0.2) is 47.6 Å². The number of oxime groups is 1. The lowest BCUT2D eigenvalue weighted by molar-refractivity contribution is 0.212. The number of hydrogen-bond donors (Lipinski definition) is 0. The molecule has 0 aromatic heterocycles.